The molecular formula is C24H30N6O. The molecule has 1 atom stereocenters. The Morgan fingerprint density at radius 3 is 2.87 bits per heavy atom. The third kappa shape index (κ3) is 5.42. The lowest BCUT2D eigenvalue weighted by Crippen LogP contribution is -2.42. The van der Waals surface area contributed by atoms with Crippen LogP contribution < -0.4 is 15.4 Å². The summed E-state index contributed by atoms with van der Waals surface area (Å²) in [5.74, 6) is 2.74. The third-order valence-corrected chi connectivity index (χ3v) is 5.47. The van der Waals surface area contributed by atoms with E-state index in [1.807, 2.05) is 12.1 Å². The molecule has 31 heavy (non-hydrogen) atoms. The third-order valence-electron chi connectivity index (χ3n) is 5.47. The zero-order chi connectivity index (χ0) is 21.5. The number of benzene rings is 2. The largest absolute Gasteiger partial charge is 0.493 e. The van der Waals surface area contributed by atoms with E-state index in [0.29, 0.717) is 13.2 Å². The Morgan fingerprint density at radius 1 is 1.19 bits per heavy atom. The molecule has 0 saturated heterocycles. The molecule has 4 rings (SSSR count). The summed E-state index contributed by atoms with van der Waals surface area (Å²) in [6, 6.07) is 16.9. The van der Waals surface area contributed by atoms with Crippen molar-refractivity contribution in [3.8, 4) is 5.75 Å². The van der Waals surface area contributed by atoms with E-state index in [-0.39, 0.29) is 6.04 Å². The molecule has 0 spiro atoms. The minimum absolute atomic E-state index is 0.162. The Hall–Kier alpha value is -3.35. The highest BCUT2D eigenvalue weighted by Crippen LogP contribution is 2.31. The maximum Gasteiger partial charge on any atom is 0.192 e. The first-order valence-corrected chi connectivity index (χ1v) is 10.9. The van der Waals surface area contributed by atoms with Gasteiger partial charge in [0.15, 0.2) is 5.96 Å². The number of fused-ring (bicyclic) bond motifs is 1. The van der Waals surface area contributed by atoms with Gasteiger partial charge in [0, 0.05) is 31.5 Å². The van der Waals surface area contributed by atoms with Gasteiger partial charge in [-0.15, -0.1) is 10.2 Å². The van der Waals surface area contributed by atoms with Gasteiger partial charge in [0.2, 0.25) is 0 Å². The first-order valence-electron chi connectivity index (χ1n) is 10.9. The van der Waals surface area contributed by atoms with Crippen LogP contribution in [0, 0.1) is 6.92 Å². The summed E-state index contributed by atoms with van der Waals surface area (Å²) < 4.78 is 7.89. The van der Waals surface area contributed by atoms with Crippen LogP contribution >= 0.6 is 0 Å². The number of nitrogens with zero attached hydrogens (tertiary/aromatic N) is 4. The highest BCUT2D eigenvalue weighted by atomic mass is 16.5. The fraction of sp³-hybridized carbons (Fsp3) is 0.375. The Kier molecular flexibility index (Phi) is 6.82. The molecule has 2 heterocycles. The van der Waals surface area contributed by atoms with E-state index in [4.69, 9.17) is 9.73 Å². The summed E-state index contributed by atoms with van der Waals surface area (Å²) in [7, 11) is 0. The molecule has 3 aromatic rings. The number of para-hydroxylation sites is 1. The number of guanidine groups is 1. The van der Waals surface area contributed by atoms with Gasteiger partial charge in [0.05, 0.1) is 19.2 Å². The highest BCUT2D eigenvalue weighted by molar-refractivity contribution is 5.80. The summed E-state index contributed by atoms with van der Waals surface area (Å²) >= 11 is 0. The maximum atomic E-state index is 5.81. The molecule has 1 aliphatic rings. The van der Waals surface area contributed by atoms with Gasteiger partial charge in [-0.05, 0) is 18.6 Å². The van der Waals surface area contributed by atoms with E-state index in [2.05, 4.69) is 75.6 Å². The van der Waals surface area contributed by atoms with Crippen LogP contribution in [0.2, 0.25) is 0 Å². The summed E-state index contributed by atoms with van der Waals surface area (Å²) in [6.45, 7) is 7.02. The van der Waals surface area contributed by atoms with Gasteiger partial charge in [-0.1, -0.05) is 55.0 Å². The molecule has 7 nitrogen and oxygen atoms in total. The second-order valence-corrected chi connectivity index (χ2v) is 7.74. The molecule has 2 aromatic carbocycles. The van der Waals surface area contributed by atoms with Crippen molar-refractivity contribution in [3.63, 3.8) is 0 Å². The van der Waals surface area contributed by atoms with Crippen molar-refractivity contribution in [2.45, 2.75) is 45.8 Å². The van der Waals surface area contributed by atoms with Crippen molar-refractivity contribution < 1.29 is 4.74 Å². The lowest BCUT2D eigenvalue weighted by atomic mass is 10.0. The van der Waals surface area contributed by atoms with Crippen LogP contribution in [0.5, 0.6) is 5.75 Å². The number of hydrogen-bond acceptors (Lipinski definition) is 4. The summed E-state index contributed by atoms with van der Waals surface area (Å²) in [5.41, 5.74) is 3.61. The smallest absolute Gasteiger partial charge is 0.192 e. The van der Waals surface area contributed by atoms with Crippen molar-refractivity contribution in [2.24, 2.45) is 4.99 Å². The zero-order valence-corrected chi connectivity index (χ0v) is 18.2. The molecule has 0 fully saturated rings. The molecule has 7 heteroatoms. The number of hydrogen-bond donors (Lipinski definition) is 2. The number of rotatable bonds is 7. The van der Waals surface area contributed by atoms with Gasteiger partial charge >= 0.3 is 0 Å². The molecule has 2 N–H and O–H groups in total. The van der Waals surface area contributed by atoms with Crippen LogP contribution in [0.3, 0.4) is 0 Å². The van der Waals surface area contributed by atoms with Crippen LogP contribution in [0.25, 0.3) is 0 Å². The first kappa shape index (κ1) is 20.9. The fourth-order valence-electron chi connectivity index (χ4n) is 3.71. The highest BCUT2D eigenvalue weighted by Gasteiger charge is 2.21. The van der Waals surface area contributed by atoms with Crippen molar-refractivity contribution in [3.05, 3.63) is 77.4 Å². The average Bonchev–Trinajstić information content (AvgIpc) is 3.26. The molecule has 1 aliphatic heterocycles. The summed E-state index contributed by atoms with van der Waals surface area (Å²) in [5, 5.41) is 15.3. The minimum Gasteiger partial charge on any atom is -0.493 e. The van der Waals surface area contributed by atoms with Crippen molar-refractivity contribution in [1.29, 1.82) is 0 Å². The van der Waals surface area contributed by atoms with Gasteiger partial charge in [-0.3, -0.25) is 0 Å². The maximum absolute atomic E-state index is 5.81. The molecule has 162 valence electrons. The number of nitrogens with one attached hydrogen (secondary N) is 2. The predicted octanol–water partition coefficient (Wildman–Crippen LogP) is 3.41. The van der Waals surface area contributed by atoms with Gasteiger partial charge in [0.25, 0.3) is 0 Å². The van der Waals surface area contributed by atoms with Crippen molar-refractivity contribution >= 4 is 5.96 Å². The number of aryl methyl sites for hydroxylation is 2. The molecule has 0 amide bonds. The Labute approximate surface area is 183 Å². The number of ether oxygens (including phenoxy) is 1. The van der Waals surface area contributed by atoms with E-state index >= 15 is 0 Å². The quantitative estimate of drug-likeness (QED) is 0.454. The van der Waals surface area contributed by atoms with Crippen LogP contribution in [-0.4, -0.2) is 33.9 Å². The molecule has 1 unspecified atom stereocenters. The Morgan fingerprint density at radius 2 is 2.03 bits per heavy atom. The Balaban J connectivity index is 1.46. The van der Waals surface area contributed by atoms with E-state index in [1.54, 1.807) is 6.33 Å². The number of aromatic nitrogens is 3. The average molecular weight is 419 g/mol. The Bertz CT molecular complexity index is 1010. The summed E-state index contributed by atoms with van der Waals surface area (Å²) in [4.78, 5) is 4.87. The van der Waals surface area contributed by atoms with E-state index < -0.39 is 0 Å². The fourth-order valence-corrected chi connectivity index (χ4v) is 3.71. The van der Waals surface area contributed by atoms with Crippen LogP contribution in [-0.2, 0) is 19.5 Å². The first-order chi connectivity index (χ1) is 15.2. The minimum atomic E-state index is 0.162. The standard InChI is InChI=1S/C24H30N6O/c1-3-23-29-27-17-30(23)14-13-25-24(26-16-19-10-8-18(2)9-11-19)28-21-12-15-31-22-7-5-4-6-20(21)22/h4-11,17,21H,3,12-16H2,1-2H3,(H2,25,26,28). The van der Waals surface area contributed by atoms with Gasteiger partial charge < -0.3 is 19.9 Å². The van der Waals surface area contributed by atoms with Crippen molar-refractivity contribution in [1.82, 2.24) is 25.4 Å². The predicted molar refractivity (Wildman–Crippen MR) is 122 cm³/mol. The van der Waals surface area contributed by atoms with Gasteiger partial charge in [-0.25, -0.2) is 4.99 Å². The monoisotopic (exact) mass is 418 g/mol. The molecule has 1 aromatic heterocycles. The molecule has 0 radical (unpaired) electrons. The second-order valence-electron chi connectivity index (χ2n) is 7.74. The van der Waals surface area contributed by atoms with Crippen LogP contribution in [0.1, 0.15) is 41.9 Å². The second kappa shape index (κ2) is 10.1. The van der Waals surface area contributed by atoms with E-state index in [0.717, 1.165) is 43.5 Å². The van der Waals surface area contributed by atoms with Gasteiger partial charge in [0.1, 0.15) is 17.9 Å². The van der Waals surface area contributed by atoms with Crippen molar-refractivity contribution in [2.75, 3.05) is 13.2 Å². The SMILES string of the molecule is CCc1nncn1CCNC(=NCc1ccc(C)cc1)NC1CCOc2ccccc21. The van der Waals surface area contributed by atoms with Crippen LogP contribution in [0.15, 0.2) is 59.9 Å². The molecule has 0 saturated carbocycles. The molecular weight excluding hydrogens is 388 g/mol. The lowest BCUT2D eigenvalue weighted by molar-refractivity contribution is 0.261. The molecule has 0 bridgehead atoms. The summed E-state index contributed by atoms with van der Waals surface area (Å²) in [6.07, 6.45) is 3.55. The number of aliphatic imine (C=N–C) groups is 1. The van der Waals surface area contributed by atoms with Crippen LogP contribution in [0.4, 0.5) is 0 Å². The normalized spacial score (nSPS) is 15.8. The lowest BCUT2D eigenvalue weighted by Gasteiger charge is -2.28. The zero-order valence-electron chi connectivity index (χ0n) is 18.2. The van der Waals surface area contributed by atoms with E-state index in [1.165, 1.54) is 16.7 Å². The van der Waals surface area contributed by atoms with E-state index in [9.17, 15) is 0 Å². The van der Waals surface area contributed by atoms with Gasteiger partial charge in [-0.2, -0.15) is 0 Å². The molecule has 0 aliphatic carbocycles. The topological polar surface area (TPSA) is 76.4 Å².